The van der Waals surface area contributed by atoms with Crippen LogP contribution < -0.4 is 0 Å². The van der Waals surface area contributed by atoms with Crippen molar-refractivity contribution in [3.8, 4) is 0 Å². The predicted molar refractivity (Wildman–Crippen MR) is 116 cm³/mol. The summed E-state index contributed by atoms with van der Waals surface area (Å²) in [7, 11) is -1.60. The maximum atomic E-state index is 13.6. The molecule has 0 aliphatic heterocycles. The summed E-state index contributed by atoms with van der Waals surface area (Å²) in [6.45, 7) is 1.87. The third-order valence-corrected chi connectivity index (χ3v) is 6.89. The number of benzene rings is 3. The number of para-hydroxylation sites is 1. The van der Waals surface area contributed by atoms with E-state index in [0.717, 1.165) is 5.56 Å². The fourth-order valence-corrected chi connectivity index (χ4v) is 5.21. The number of esters is 2. The van der Waals surface area contributed by atoms with E-state index in [1.165, 1.54) is 42.5 Å². The number of fused-ring (bicyclic) bond motifs is 3. The number of nitrogens with zero attached hydrogens (tertiary/aromatic N) is 1. The lowest BCUT2D eigenvalue weighted by atomic mass is 10.0. The summed E-state index contributed by atoms with van der Waals surface area (Å²) >= 11 is 0. The lowest BCUT2D eigenvalue weighted by Crippen LogP contribution is -2.14. The van der Waals surface area contributed by atoms with E-state index >= 15 is 0 Å². The number of rotatable bonds is 4. The normalized spacial score (nSPS) is 11.6. The number of aromatic nitrogens is 1. The summed E-state index contributed by atoms with van der Waals surface area (Å²) in [6.07, 6.45) is 0. The van der Waals surface area contributed by atoms with E-state index in [1.54, 1.807) is 36.4 Å². The average Bonchev–Trinajstić information content (AvgIpc) is 3.12. The van der Waals surface area contributed by atoms with Crippen molar-refractivity contribution in [2.24, 2.45) is 0 Å². The molecule has 0 fully saturated rings. The Morgan fingerprint density at radius 3 is 2.10 bits per heavy atom. The number of carbonyl (C=O) groups is 2. The van der Waals surface area contributed by atoms with Gasteiger partial charge in [-0.1, -0.05) is 35.9 Å². The molecule has 0 spiro atoms. The van der Waals surface area contributed by atoms with Crippen LogP contribution in [-0.2, 0) is 19.5 Å². The molecule has 4 rings (SSSR count). The van der Waals surface area contributed by atoms with Crippen LogP contribution in [0.5, 0.6) is 0 Å². The molecule has 3 aromatic carbocycles. The molecule has 0 radical (unpaired) electrons. The lowest BCUT2D eigenvalue weighted by molar-refractivity contribution is 0.0557. The van der Waals surface area contributed by atoms with E-state index in [-0.39, 0.29) is 21.5 Å². The van der Waals surface area contributed by atoms with Gasteiger partial charge in [0.05, 0.1) is 41.3 Å². The number of hydrogen-bond acceptors (Lipinski definition) is 6. The molecule has 0 saturated carbocycles. The Hall–Kier alpha value is -3.65. The van der Waals surface area contributed by atoms with Gasteiger partial charge in [0.2, 0.25) is 0 Å². The summed E-state index contributed by atoms with van der Waals surface area (Å²) in [5.41, 5.74) is 1.52. The highest BCUT2D eigenvalue weighted by Gasteiger charge is 2.29. The molecule has 158 valence electrons. The second-order valence-electron chi connectivity index (χ2n) is 6.97. The topological polar surface area (TPSA) is 91.7 Å². The largest absolute Gasteiger partial charge is 0.465 e. The molecule has 0 atom stereocenters. The summed E-state index contributed by atoms with van der Waals surface area (Å²) in [4.78, 5) is 25.1. The monoisotopic (exact) mass is 437 g/mol. The fraction of sp³-hybridized carbons (Fsp3) is 0.130. The molecule has 0 bridgehead atoms. The Morgan fingerprint density at radius 2 is 1.45 bits per heavy atom. The van der Waals surface area contributed by atoms with Gasteiger partial charge >= 0.3 is 11.9 Å². The zero-order valence-corrected chi connectivity index (χ0v) is 17.9. The highest BCUT2D eigenvalue weighted by molar-refractivity contribution is 7.90. The van der Waals surface area contributed by atoms with Gasteiger partial charge in [0, 0.05) is 10.8 Å². The summed E-state index contributed by atoms with van der Waals surface area (Å²) < 4.78 is 38.2. The van der Waals surface area contributed by atoms with E-state index in [1.807, 2.05) is 6.92 Å². The van der Waals surface area contributed by atoms with Crippen LogP contribution in [0.25, 0.3) is 21.8 Å². The van der Waals surface area contributed by atoms with Crippen LogP contribution >= 0.6 is 0 Å². The van der Waals surface area contributed by atoms with Crippen LogP contribution in [0.3, 0.4) is 0 Å². The van der Waals surface area contributed by atoms with Gasteiger partial charge in [-0.15, -0.1) is 0 Å². The molecule has 0 aliphatic rings. The number of carbonyl (C=O) groups excluding carboxylic acids is 2. The van der Waals surface area contributed by atoms with Crippen LogP contribution in [0, 0.1) is 6.92 Å². The molecule has 0 saturated heterocycles. The van der Waals surface area contributed by atoms with E-state index in [9.17, 15) is 18.0 Å². The zero-order valence-electron chi connectivity index (χ0n) is 17.1. The van der Waals surface area contributed by atoms with Crippen LogP contribution in [0.15, 0.2) is 65.6 Å². The van der Waals surface area contributed by atoms with Crippen LogP contribution in [0.4, 0.5) is 0 Å². The molecule has 0 amide bonds. The van der Waals surface area contributed by atoms with Crippen molar-refractivity contribution >= 4 is 43.8 Å². The predicted octanol–water partition coefficient (Wildman–Crippen LogP) is 3.91. The number of ether oxygens (including phenoxy) is 2. The first-order valence-electron chi connectivity index (χ1n) is 9.36. The van der Waals surface area contributed by atoms with E-state index < -0.39 is 22.0 Å². The second kappa shape index (κ2) is 7.55. The molecular formula is C23H19NO6S. The minimum Gasteiger partial charge on any atom is -0.465 e. The Bertz CT molecular complexity index is 1450. The Kier molecular flexibility index (Phi) is 5.02. The molecule has 1 aromatic heterocycles. The summed E-state index contributed by atoms with van der Waals surface area (Å²) in [5, 5.41) is 0.806. The molecule has 1 heterocycles. The van der Waals surface area contributed by atoms with Gasteiger partial charge in [-0.05, 0) is 37.3 Å². The van der Waals surface area contributed by atoms with E-state index in [4.69, 9.17) is 9.47 Å². The van der Waals surface area contributed by atoms with Gasteiger partial charge in [-0.2, -0.15) is 0 Å². The van der Waals surface area contributed by atoms with Crippen LogP contribution in [0.1, 0.15) is 26.3 Å². The summed E-state index contributed by atoms with van der Waals surface area (Å²) in [6, 6.07) is 16.2. The molecule has 4 aromatic rings. The number of methoxy groups -OCH3 is 2. The van der Waals surface area contributed by atoms with E-state index in [2.05, 4.69) is 0 Å². The van der Waals surface area contributed by atoms with Crippen molar-refractivity contribution < 1.29 is 27.5 Å². The van der Waals surface area contributed by atoms with Crippen molar-refractivity contribution in [1.82, 2.24) is 3.97 Å². The Balaban J connectivity index is 2.19. The minimum atomic E-state index is -4.01. The van der Waals surface area contributed by atoms with Crippen molar-refractivity contribution in [2.45, 2.75) is 11.8 Å². The Morgan fingerprint density at radius 1 is 0.806 bits per heavy atom. The van der Waals surface area contributed by atoms with Gasteiger partial charge in [-0.25, -0.2) is 22.0 Å². The molecule has 8 heteroatoms. The first-order chi connectivity index (χ1) is 14.8. The van der Waals surface area contributed by atoms with Crippen LogP contribution in [-0.4, -0.2) is 38.5 Å². The maximum Gasteiger partial charge on any atom is 0.339 e. The quantitative estimate of drug-likeness (QED) is 0.450. The fourth-order valence-electron chi connectivity index (χ4n) is 3.69. The second-order valence-corrected chi connectivity index (χ2v) is 8.75. The average molecular weight is 437 g/mol. The molecule has 31 heavy (non-hydrogen) atoms. The third kappa shape index (κ3) is 3.16. The molecular weight excluding hydrogens is 418 g/mol. The van der Waals surface area contributed by atoms with Crippen molar-refractivity contribution in [2.75, 3.05) is 14.2 Å². The SMILES string of the molecule is COC(=O)c1ccc2c(c1C(=O)OC)c1ccccc1n2S(=O)(=O)c1ccc(C)cc1. The van der Waals surface area contributed by atoms with Gasteiger partial charge in [0.25, 0.3) is 10.0 Å². The molecule has 0 aliphatic carbocycles. The molecule has 7 nitrogen and oxygen atoms in total. The van der Waals surface area contributed by atoms with Gasteiger partial charge in [-0.3, -0.25) is 0 Å². The Labute approximate surface area is 178 Å². The van der Waals surface area contributed by atoms with Crippen molar-refractivity contribution in [1.29, 1.82) is 0 Å². The smallest absolute Gasteiger partial charge is 0.339 e. The third-order valence-electron chi connectivity index (χ3n) is 5.15. The van der Waals surface area contributed by atoms with Crippen molar-refractivity contribution in [3.05, 3.63) is 77.4 Å². The van der Waals surface area contributed by atoms with Crippen LogP contribution in [0.2, 0.25) is 0 Å². The molecule has 0 N–H and O–H groups in total. The van der Waals surface area contributed by atoms with E-state index in [0.29, 0.717) is 16.3 Å². The van der Waals surface area contributed by atoms with Gasteiger partial charge in [0.1, 0.15) is 0 Å². The van der Waals surface area contributed by atoms with Gasteiger partial charge in [0.15, 0.2) is 0 Å². The zero-order chi connectivity index (χ0) is 22.3. The minimum absolute atomic E-state index is 0.00233. The van der Waals surface area contributed by atoms with Crippen molar-refractivity contribution in [3.63, 3.8) is 0 Å². The standard InChI is InChI=1S/C23H19NO6S/c1-14-8-10-15(11-9-14)31(27,28)24-18-7-5-4-6-16(18)20-19(24)13-12-17(22(25)29-2)21(20)23(26)30-3/h4-13H,1-3H3. The first kappa shape index (κ1) is 20.6. The summed E-state index contributed by atoms with van der Waals surface area (Å²) in [5.74, 6) is -1.48. The highest BCUT2D eigenvalue weighted by atomic mass is 32.2. The highest BCUT2D eigenvalue weighted by Crippen LogP contribution is 2.36. The first-order valence-corrected chi connectivity index (χ1v) is 10.8. The molecule has 0 unspecified atom stereocenters. The maximum absolute atomic E-state index is 13.6. The lowest BCUT2D eigenvalue weighted by Gasteiger charge is -2.11. The number of hydrogen-bond donors (Lipinski definition) is 0. The number of aryl methyl sites for hydroxylation is 1. The van der Waals surface area contributed by atoms with Gasteiger partial charge < -0.3 is 9.47 Å².